The summed E-state index contributed by atoms with van der Waals surface area (Å²) in [5.74, 6) is 0. The lowest BCUT2D eigenvalue weighted by Gasteiger charge is -2.01. The topological polar surface area (TPSA) is 22.0 Å². The average Bonchev–Trinajstić information content (AvgIpc) is 2.76. The molecule has 0 unspecified atom stereocenters. The molecule has 0 fully saturated rings. The largest absolute Gasteiger partial charge is 0.340 e. The number of aromatic nitrogens is 1. The summed E-state index contributed by atoms with van der Waals surface area (Å²) in [6.45, 7) is 0.707. The van der Waals surface area contributed by atoms with Crippen molar-refractivity contribution in [2.24, 2.45) is 0 Å². The van der Waals surface area contributed by atoms with E-state index in [0.717, 1.165) is 15.5 Å². The SMILES string of the molecule is O=Cc1cccn1Cc1ccc(Cl)s1. The minimum Gasteiger partial charge on any atom is -0.340 e. The molecule has 0 bridgehead atoms. The fraction of sp³-hybridized carbons (Fsp3) is 0.100. The van der Waals surface area contributed by atoms with Gasteiger partial charge in [-0.05, 0) is 24.3 Å². The van der Waals surface area contributed by atoms with E-state index in [1.54, 1.807) is 6.07 Å². The van der Waals surface area contributed by atoms with Gasteiger partial charge < -0.3 is 4.57 Å². The van der Waals surface area contributed by atoms with E-state index in [1.807, 2.05) is 29.0 Å². The summed E-state index contributed by atoms with van der Waals surface area (Å²) >= 11 is 7.35. The van der Waals surface area contributed by atoms with Gasteiger partial charge in [-0.1, -0.05) is 11.6 Å². The second-order valence-corrected chi connectivity index (χ2v) is 4.68. The maximum absolute atomic E-state index is 10.6. The average molecular weight is 226 g/mol. The van der Waals surface area contributed by atoms with Gasteiger partial charge in [-0.2, -0.15) is 0 Å². The highest BCUT2D eigenvalue weighted by atomic mass is 35.5. The normalized spacial score (nSPS) is 10.4. The van der Waals surface area contributed by atoms with Gasteiger partial charge in [0.25, 0.3) is 0 Å². The van der Waals surface area contributed by atoms with Gasteiger partial charge in [0.05, 0.1) is 16.6 Å². The Balaban J connectivity index is 2.22. The Morgan fingerprint density at radius 1 is 1.43 bits per heavy atom. The Morgan fingerprint density at radius 2 is 2.29 bits per heavy atom. The number of carbonyl (C=O) groups excluding carboxylic acids is 1. The van der Waals surface area contributed by atoms with Crippen LogP contribution in [0, 0.1) is 0 Å². The van der Waals surface area contributed by atoms with Crippen molar-refractivity contribution >= 4 is 29.2 Å². The highest BCUT2D eigenvalue weighted by molar-refractivity contribution is 7.16. The maximum atomic E-state index is 10.6. The number of halogens is 1. The van der Waals surface area contributed by atoms with E-state index in [4.69, 9.17) is 11.6 Å². The zero-order valence-electron chi connectivity index (χ0n) is 7.31. The third-order valence-corrected chi connectivity index (χ3v) is 3.16. The van der Waals surface area contributed by atoms with E-state index >= 15 is 0 Å². The number of carbonyl (C=O) groups is 1. The number of nitrogens with zero attached hydrogens (tertiary/aromatic N) is 1. The predicted octanol–water partition coefficient (Wildman–Crippen LogP) is 3.06. The van der Waals surface area contributed by atoms with Crippen LogP contribution in [0.2, 0.25) is 4.34 Å². The fourth-order valence-electron chi connectivity index (χ4n) is 1.28. The number of hydrogen-bond donors (Lipinski definition) is 0. The first-order valence-corrected chi connectivity index (χ1v) is 5.33. The second kappa shape index (κ2) is 3.98. The number of rotatable bonds is 3. The van der Waals surface area contributed by atoms with E-state index in [-0.39, 0.29) is 0 Å². The van der Waals surface area contributed by atoms with Gasteiger partial charge >= 0.3 is 0 Å². The summed E-state index contributed by atoms with van der Waals surface area (Å²) in [6, 6.07) is 7.49. The molecule has 0 amide bonds. The van der Waals surface area contributed by atoms with Crippen molar-refractivity contribution in [2.75, 3.05) is 0 Å². The van der Waals surface area contributed by atoms with E-state index in [0.29, 0.717) is 12.2 Å². The molecule has 14 heavy (non-hydrogen) atoms. The van der Waals surface area contributed by atoms with Crippen molar-refractivity contribution < 1.29 is 4.79 Å². The number of hydrogen-bond acceptors (Lipinski definition) is 2. The van der Waals surface area contributed by atoms with Gasteiger partial charge in [-0.3, -0.25) is 4.79 Å². The van der Waals surface area contributed by atoms with Crippen molar-refractivity contribution in [1.82, 2.24) is 4.57 Å². The zero-order chi connectivity index (χ0) is 9.97. The molecule has 0 aliphatic heterocycles. The van der Waals surface area contributed by atoms with Crippen molar-refractivity contribution in [2.45, 2.75) is 6.54 Å². The summed E-state index contributed by atoms with van der Waals surface area (Å²) in [5.41, 5.74) is 0.689. The molecule has 2 aromatic rings. The summed E-state index contributed by atoms with van der Waals surface area (Å²) in [6.07, 6.45) is 2.74. The second-order valence-electron chi connectivity index (χ2n) is 2.88. The maximum Gasteiger partial charge on any atom is 0.166 e. The van der Waals surface area contributed by atoms with E-state index in [2.05, 4.69) is 0 Å². The Kier molecular flexibility index (Phi) is 2.70. The van der Waals surface area contributed by atoms with E-state index in [1.165, 1.54) is 11.3 Å². The summed E-state index contributed by atoms with van der Waals surface area (Å²) in [5, 5.41) is 0. The smallest absolute Gasteiger partial charge is 0.166 e. The molecule has 0 spiro atoms. The summed E-state index contributed by atoms with van der Waals surface area (Å²) < 4.78 is 2.68. The van der Waals surface area contributed by atoms with Gasteiger partial charge in [-0.15, -0.1) is 11.3 Å². The van der Waals surface area contributed by atoms with E-state index in [9.17, 15) is 4.79 Å². The quantitative estimate of drug-likeness (QED) is 0.736. The molecule has 2 rings (SSSR count). The first kappa shape index (κ1) is 9.49. The van der Waals surface area contributed by atoms with Gasteiger partial charge in [-0.25, -0.2) is 0 Å². The zero-order valence-corrected chi connectivity index (χ0v) is 8.89. The van der Waals surface area contributed by atoms with Crippen molar-refractivity contribution in [3.63, 3.8) is 0 Å². The van der Waals surface area contributed by atoms with Crippen LogP contribution in [0.25, 0.3) is 0 Å². The lowest BCUT2D eigenvalue weighted by atomic mass is 10.4. The molecule has 0 N–H and O–H groups in total. The van der Waals surface area contributed by atoms with Crippen LogP contribution in [-0.4, -0.2) is 10.9 Å². The van der Waals surface area contributed by atoms with Crippen molar-refractivity contribution in [3.8, 4) is 0 Å². The van der Waals surface area contributed by atoms with Gasteiger partial charge in [0.2, 0.25) is 0 Å². The predicted molar refractivity (Wildman–Crippen MR) is 58.3 cm³/mol. The van der Waals surface area contributed by atoms with Crippen LogP contribution in [-0.2, 0) is 6.54 Å². The van der Waals surface area contributed by atoms with Crippen LogP contribution in [0.3, 0.4) is 0 Å². The Hall–Kier alpha value is -1.06. The van der Waals surface area contributed by atoms with Gasteiger partial charge in [0.1, 0.15) is 0 Å². The Morgan fingerprint density at radius 3 is 2.93 bits per heavy atom. The molecule has 2 heterocycles. The Bertz CT molecular complexity index is 446. The number of aldehydes is 1. The highest BCUT2D eigenvalue weighted by Gasteiger charge is 2.02. The fourth-order valence-corrected chi connectivity index (χ4v) is 2.37. The monoisotopic (exact) mass is 225 g/mol. The van der Waals surface area contributed by atoms with Crippen LogP contribution in [0.1, 0.15) is 15.4 Å². The molecule has 0 saturated carbocycles. The molecule has 0 aliphatic carbocycles. The first-order valence-electron chi connectivity index (χ1n) is 4.14. The lowest BCUT2D eigenvalue weighted by Crippen LogP contribution is -2.00. The van der Waals surface area contributed by atoms with Crippen LogP contribution < -0.4 is 0 Å². The third-order valence-electron chi connectivity index (χ3n) is 1.94. The molecule has 0 aliphatic rings. The van der Waals surface area contributed by atoms with Gasteiger partial charge in [0.15, 0.2) is 6.29 Å². The molecule has 2 nitrogen and oxygen atoms in total. The Labute approximate surface area is 90.7 Å². The molecular formula is C10H8ClNOS. The lowest BCUT2D eigenvalue weighted by molar-refractivity contribution is 0.111. The number of thiophene rings is 1. The summed E-state index contributed by atoms with van der Waals surface area (Å²) in [4.78, 5) is 11.8. The molecule has 0 saturated heterocycles. The highest BCUT2D eigenvalue weighted by Crippen LogP contribution is 2.22. The van der Waals surface area contributed by atoms with Crippen molar-refractivity contribution in [3.05, 3.63) is 45.4 Å². The molecule has 2 aromatic heterocycles. The van der Waals surface area contributed by atoms with Crippen LogP contribution in [0.15, 0.2) is 30.5 Å². The standard InChI is InChI=1S/C10H8ClNOS/c11-10-4-3-9(14-10)6-12-5-1-2-8(12)7-13/h1-5,7H,6H2. The molecule has 0 atom stereocenters. The van der Waals surface area contributed by atoms with Crippen molar-refractivity contribution in [1.29, 1.82) is 0 Å². The molecule has 4 heteroatoms. The summed E-state index contributed by atoms with van der Waals surface area (Å²) in [7, 11) is 0. The van der Waals surface area contributed by atoms with Crippen LogP contribution >= 0.6 is 22.9 Å². The molecule has 0 radical (unpaired) electrons. The minimum absolute atomic E-state index is 0.689. The molecule has 72 valence electrons. The third kappa shape index (κ3) is 1.89. The molecular weight excluding hydrogens is 218 g/mol. The van der Waals surface area contributed by atoms with Crippen LogP contribution in [0.4, 0.5) is 0 Å². The molecule has 0 aromatic carbocycles. The minimum atomic E-state index is 0.689. The first-order chi connectivity index (χ1) is 6.79. The van der Waals surface area contributed by atoms with E-state index < -0.39 is 0 Å². The van der Waals surface area contributed by atoms with Crippen LogP contribution in [0.5, 0.6) is 0 Å². The van der Waals surface area contributed by atoms with Gasteiger partial charge in [0, 0.05) is 11.1 Å².